The highest BCUT2D eigenvalue weighted by molar-refractivity contribution is 7.89. The number of hydrogen-bond acceptors (Lipinski definition) is 4. The van der Waals surface area contributed by atoms with Crippen molar-refractivity contribution in [1.29, 1.82) is 0 Å². The summed E-state index contributed by atoms with van der Waals surface area (Å²) in [5, 5.41) is 2.87. The Morgan fingerprint density at radius 1 is 1.03 bits per heavy atom. The lowest BCUT2D eigenvalue weighted by Crippen LogP contribution is -2.26. The number of carbonyl (C=O) groups is 1. The second kappa shape index (κ2) is 9.67. The maximum atomic E-state index is 12.6. The molecule has 32 heavy (non-hydrogen) atoms. The molecule has 0 saturated carbocycles. The highest BCUT2D eigenvalue weighted by Crippen LogP contribution is 2.23. The van der Waals surface area contributed by atoms with Crippen LogP contribution in [0.3, 0.4) is 0 Å². The molecule has 1 aromatic heterocycles. The van der Waals surface area contributed by atoms with Crippen LogP contribution in [0.15, 0.2) is 65.8 Å². The van der Waals surface area contributed by atoms with Crippen LogP contribution in [0.25, 0.3) is 0 Å². The van der Waals surface area contributed by atoms with Crippen LogP contribution < -0.4 is 10.0 Å². The first kappa shape index (κ1) is 23.7. The Morgan fingerprint density at radius 2 is 1.69 bits per heavy atom. The van der Waals surface area contributed by atoms with Gasteiger partial charge in [-0.3, -0.25) is 4.79 Å². The fourth-order valence-electron chi connectivity index (χ4n) is 3.20. The van der Waals surface area contributed by atoms with Crippen LogP contribution in [-0.4, -0.2) is 30.4 Å². The molecule has 8 heteroatoms. The van der Waals surface area contributed by atoms with Crippen LogP contribution in [0, 0.1) is 0 Å². The van der Waals surface area contributed by atoms with Gasteiger partial charge in [0.2, 0.25) is 10.0 Å². The van der Waals surface area contributed by atoms with Crippen molar-refractivity contribution in [2.24, 2.45) is 7.05 Å². The van der Waals surface area contributed by atoms with Crippen LogP contribution in [0.1, 0.15) is 48.1 Å². The second-order valence-electron chi connectivity index (χ2n) is 8.76. The Balaban J connectivity index is 1.53. The first-order valence-corrected chi connectivity index (χ1v) is 12.0. The van der Waals surface area contributed by atoms with Crippen LogP contribution in [0.2, 0.25) is 0 Å². The highest BCUT2D eigenvalue weighted by Gasteiger charge is 2.17. The average Bonchev–Trinajstić information content (AvgIpc) is 3.17. The van der Waals surface area contributed by atoms with Gasteiger partial charge in [0.15, 0.2) is 0 Å². The fraction of sp³-hybridized carbons (Fsp3) is 0.333. The fourth-order valence-corrected chi connectivity index (χ4v) is 4.21. The summed E-state index contributed by atoms with van der Waals surface area (Å²) < 4.78 is 29.7. The number of imidazole rings is 1. The van der Waals surface area contributed by atoms with E-state index in [1.165, 1.54) is 0 Å². The molecule has 170 valence electrons. The molecule has 0 aliphatic carbocycles. The van der Waals surface area contributed by atoms with E-state index in [2.05, 4.69) is 35.8 Å². The summed E-state index contributed by atoms with van der Waals surface area (Å²) >= 11 is 0. The number of hydrogen-bond donors (Lipinski definition) is 2. The van der Waals surface area contributed by atoms with Gasteiger partial charge >= 0.3 is 0 Å². The molecule has 0 bridgehead atoms. The summed E-state index contributed by atoms with van der Waals surface area (Å²) in [4.78, 5) is 16.8. The summed E-state index contributed by atoms with van der Waals surface area (Å²) in [5.74, 6) is 0.728. The van der Waals surface area contributed by atoms with Crippen molar-refractivity contribution in [3.63, 3.8) is 0 Å². The van der Waals surface area contributed by atoms with E-state index in [9.17, 15) is 13.2 Å². The molecule has 1 heterocycles. The van der Waals surface area contributed by atoms with E-state index in [0.29, 0.717) is 18.5 Å². The van der Waals surface area contributed by atoms with Crippen LogP contribution >= 0.6 is 0 Å². The SMILES string of the molecule is Cn1ccnc1CCNC(=O)c1ccc(CNS(=O)(=O)c2ccc(C(C)(C)C)cc2)cc1. The lowest BCUT2D eigenvalue weighted by atomic mass is 9.87. The third kappa shape index (κ3) is 6.05. The molecule has 0 spiro atoms. The summed E-state index contributed by atoms with van der Waals surface area (Å²) in [6, 6.07) is 13.8. The number of sulfonamides is 1. The van der Waals surface area contributed by atoms with Gasteiger partial charge in [0.05, 0.1) is 4.90 Å². The third-order valence-corrected chi connectivity index (χ3v) is 6.69. The van der Waals surface area contributed by atoms with Crippen molar-refractivity contribution in [1.82, 2.24) is 19.6 Å². The zero-order valence-corrected chi connectivity index (χ0v) is 19.7. The maximum absolute atomic E-state index is 12.6. The van der Waals surface area contributed by atoms with Crippen molar-refractivity contribution in [3.8, 4) is 0 Å². The molecular formula is C24H30N4O3S. The number of aryl methyl sites for hydroxylation is 1. The molecule has 3 aromatic rings. The van der Waals surface area contributed by atoms with Crippen molar-refractivity contribution in [2.45, 2.75) is 44.0 Å². The van der Waals surface area contributed by atoms with Gasteiger partial charge < -0.3 is 9.88 Å². The first-order chi connectivity index (χ1) is 15.1. The van der Waals surface area contributed by atoms with Gasteiger partial charge in [0, 0.05) is 44.5 Å². The molecule has 0 aliphatic heterocycles. The van der Waals surface area contributed by atoms with E-state index in [0.717, 1.165) is 17.0 Å². The standard InChI is InChI=1S/C24H30N4O3S/c1-24(2,3)20-9-11-21(12-10-20)32(30,31)27-17-18-5-7-19(8-6-18)23(29)26-14-13-22-25-15-16-28(22)4/h5-12,15-16,27H,13-14,17H2,1-4H3,(H,26,29). The lowest BCUT2D eigenvalue weighted by Gasteiger charge is -2.19. The summed E-state index contributed by atoms with van der Waals surface area (Å²) in [7, 11) is -1.71. The van der Waals surface area contributed by atoms with Crippen molar-refractivity contribution < 1.29 is 13.2 Å². The number of benzene rings is 2. The zero-order chi connectivity index (χ0) is 23.4. The molecule has 2 aromatic carbocycles. The van der Waals surface area contributed by atoms with Crippen LogP contribution in [-0.2, 0) is 35.5 Å². The third-order valence-electron chi connectivity index (χ3n) is 5.27. The Kier molecular flexibility index (Phi) is 7.16. The van der Waals surface area contributed by atoms with Crippen LogP contribution in [0.4, 0.5) is 0 Å². The van der Waals surface area contributed by atoms with E-state index in [1.54, 1.807) is 42.6 Å². The Labute approximate surface area is 189 Å². The van der Waals surface area contributed by atoms with Gasteiger partial charge in [0.25, 0.3) is 5.91 Å². The van der Waals surface area contributed by atoms with Crippen molar-refractivity contribution >= 4 is 15.9 Å². The topological polar surface area (TPSA) is 93.1 Å². The number of carbonyl (C=O) groups excluding carboxylic acids is 1. The molecule has 0 unspecified atom stereocenters. The smallest absolute Gasteiger partial charge is 0.251 e. The molecule has 0 aliphatic rings. The van der Waals surface area contributed by atoms with E-state index in [4.69, 9.17) is 0 Å². The lowest BCUT2D eigenvalue weighted by molar-refractivity contribution is 0.0954. The molecule has 2 N–H and O–H groups in total. The molecular weight excluding hydrogens is 424 g/mol. The van der Waals surface area contributed by atoms with E-state index in [1.807, 2.05) is 29.9 Å². The van der Waals surface area contributed by atoms with E-state index in [-0.39, 0.29) is 22.8 Å². The number of aromatic nitrogens is 2. The second-order valence-corrected chi connectivity index (χ2v) is 10.5. The van der Waals surface area contributed by atoms with Crippen molar-refractivity contribution in [3.05, 3.63) is 83.4 Å². The van der Waals surface area contributed by atoms with Crippen LogP contribution in [0.5, 0.6) is 0 Å². The maximum Gasteiger partial charge on any atom is 0.251 e. The zero-order valence-electron chi connectivity index (χ0n) is 18.9. The molecule has 0 radical (unpaired) electrons. The van der Waals surface area contributed by atoms with Gasteiger partial charge in [-0.05, 0) is 40.8 Å². The summed E-state index contributed by atoms with van der Waals surface area (Å²) in [5.41, 5.74) is 2.33. The van der Waals surface area contributed by atoms with E-state index < -0.39 is 10.0 Å². The normalized spacial score (nSPS) is 12.0. The minimum atomic E-state index is -3.62. The average molecular weight is 455 g/mol. The van der Waals surface area contributed by atoms with Gasteiger partial charge in [-0.15, -0.1) is 0 Å². The molecule has 0 atom stereocenters. The largest absolute Gasteiger partial charge is 0.352 e. The van der Waals surface area contributed by atoms with E-state index >= 15 is 0 Å². The van der Waals surface area contributed by atoms with Gasteiger partial charge in [0.1, 0.15) is 5.82 Å². The van der Waals surface area contributed by atoms with Gasteiger partial charge in [-0.25, -0.2) is 18.1 Å². The molecule has 7 nitrogen and oxygen atoms in total. The summed E-state index contributed by atoms with van der Waals surface area (Å²) in [6.07, 6.45) is 4.24. The number of nitrogens with zero attached hydrogens (tertiary/aromatic N) is 2. The molecule has 0 saturated heterocycles. The number of amides is 1. The Hall–Kier alpha value is -2.97. The number of rotatable bonds is 8. The molecule has 3 rings (SSSR count). The van der Waals surface area contributed by atoms with Gasteiger partial charge in [-0.1, -0.05) is 45.0 Å². The molecule has 0 fully saturated rings. The predicted octanol–water partition coefficient (Wildman–Crippen LogP) is 3.17. The monoisotopic (exact) mass is 454 g/mol. The Bertz CT molecular complexity index is 1160. The summed E-state index contributed by atoms with van der Waals surface area (Å²) in [6.45, 7) is 6.88. The Morgan fingerprint density at radius 3 is 2.25 bits per heavy atom. The van der Waals surface area contributed by atoms with Crippen molar-refractivity contribution in [2.75, 3.05) is 6.54 Å². The minimum absolute atomic E-state index is 0.0397. The molecule has 1 amide bonds. The minimum Gasteiger partial charge on any atom is -0.352 e. The predicted molar refractivity (Wildman–Crippen MR) is 125 cm³/mol. The highest BCUT2D eigenvalue weighted by atomic mass is 32.2. The quantitative estimate of drug-likeness (QED) is 0.547. The first-order valence-electron chi connectivity index (χ1n) is 10.5. The number of nitrogens with one attached hydrogen (secondary N) is 2. The van der Waals surface area contributed by atoms with Gasteiger partial charge in [-0.2, -0.15) is 0 Å².